The predicted molar refractivity (Wildman–Crippen MR) is 98.1 cm³/mol. The first-order chi connectivity index (χ1) is 13.1. The highest BCUT2D eigenvalue weighted by Crippen LogP contribution is 2.07. The van der Waals surface area contributed by atoms with E-state index in [0.29, 0.717) is 39.2 Å². The number of ether oxygens (including phenoxy) is 1. The zero-order valence-electron chi connectivity index (χ0n) is 15.0. The summed E-state index contributed by atoms with van der Waals surface area (Å²) in [7, 11) is 0. The maximum absolute atomic E-state index is 12.5. The van der Waals surface area contributed by atoms with Crippen LogP contribution < -0.4 is 5.56 Å². The molecular formula is C19H22N4O4. The van der Waals surface area contributed by atoms with Crippen LogP contribution in [0.1, 0.15) is 22.5 Å². The summed E-state index contributed by atoms with van der Waals surface area (Å²) in [6.07, 6.45) is 3.41. The molecule has 8 heteroatoms. The Morgan fingerprint density at radius 3 is 2.59 bits per heavy atom. The van der Waals surface area contributed by atoms with Crippen LogP contribution in [0.2, 0.25) is 0 Å². The Hall–Kier alpha value is -3.00. The molecule has 1 aromatic heterocycles. The summed E-state index contributed by atoms with van der Waals surface area (Å²) in [5.74, 6) is -0.512. The number of aromatic nitrogens is 2. The second-order valence-corrected chi connectivity index (χ2v) is 6.27. The van der Waals surface area contributed by atoms with Gasteiger partial charge in [-0.15, -0.1) is 0 Å². The fraction of sp³-hybridized carbons (Fsp3) is 0.368. The van der Waals surface area contributed by atoms with Gasteiger partial charge in [-0.3, -0.25) is 14.4 Å². The largest absolute Gasteiger partial charge is 0.367 e. The Bertz CT molecular complexity index is 837. The van der Waals surface area contributed by atoms with Gasteiger partial charge in [0.25, 0.3) is 11.5 Å². The van der Waals surface area contributed by atoms with Gasteiger partial charge in [-0.05, 0) is 12.0 Å². The van der Waals surface area contributed by atoms with Crippen molar-refractivity contribution in [2.24, 2.45) is 0 Å². The molecule has 0 unspecified atom stereocenters. The molecule has 0 radical (unpaired) electrons. The number of hydrogen-bond acceptors (Lipinski definition) is 5. The molecule has 2 heterocycles. The molecule has 1 N–H and O–H groups in total. The molecule has 2 aromatic rings. The van der Waals surface area contributed by atoms with Gasteiger partial charge in [0.05, 0.1) is 6.61 Å². The minimum atomic E-state index is -0.506. The zero-order chi connectivity index (χ0) is 19.1. The first-order valence-corrected chi connectivity index (χ1v) is 8.87. The third-order valence-electron chi connectivity index (χ3n) is 4.38. The standard InChI is InChI=1S/C19H22N4O4/c24-16(14-27-13-15-5-2-1-3-6-15)22-9-4-10-23(12-11-22)19(26)17-18(25)21-8-7-20-17/h1-3,5-8H,4,9-14H2,(H,21,25). The van der Waals surface area contributed by atoms with E-state index in [0.717, 1.165) is 5.56 Å². The summed E-state index contributed by atoms with van der Waals surface area (Å²) < 4.78 is 5.51. The normalized spacial score (nSPS) is 14.7. The summed E-state index contributed by atoms with van der Waals surface area (Å²) in [5.41, 5.74) is 0.385. The van der Waals surface area contributed by atoms with Crippen LogP contribution in [0.4, 0.5) is 0 Å². The average Bonchev–Trinajstić information content (AvgIpc) is 2.95. The Kier molecular flexibility index (Phi) is 6.32. The van der Waals surface area contributed by atoms with E-state index in [4.69, 9.17) is 4.74 Å². The van der Waals surface area contributed by atoms with Crippen molar-refractivity contribution < 1.29 is 14.3 Å². The van der Waals surface area contributed by atoms with Crippen molar-refractivity contribution in [3.05, 3.63) is 64.3 Å². The average molecular weight is 370 g/mol. The smallest absolute Gasteiger partial charge is 0.279 e. The molecule has 27 heavy (non-hydrogen) atoms. The summed E-state index contributed by atoms with van der Waals surface area (Å²) in [6, 6.07) is 9.66. The van der Waals surface area contributed by atoms with E-state index < -0.39 is 11.5 Å². The molecule has 0 bridgehead atoms. The summed E-state index contributed by atoms with van der Waals surface area (Å²) in [5, 5.41) is 0. The lowest BCUT2D eigenvalue weighted by Crippen LogP contribution is -2.40. The van der Waals surface area contributed by atoms with Gasteiger partial charge >= 0.3 is 0 Å². The second kappa shape index (κ2) is 9.09. The molecule has 142 valence electrons. The van der Waals surface area contributed by atoms with Gasteiger partial charge in [0.1, 0.15) is 6.61 Å². The van der Waals surface area contributed by atoms with Crippen LogP contribution in [0.3, 0.4) is 0 Å². The molecule has 1 fully saturated rings. The molecule has 3 rings (SSSR count). The lowest BCUT2D eigenvalue weighted by atomic mass is 10.2. The van der Waals surface area contributed by atoms with E-state index in [1.807, 2.05) is 30.3 Å². The Labute approximate surface area is 156 Å². The third kappa shape index (κ3) is 5.01. The van der Waals surface area contributed by atoms with Crippen molar-refractivity contribution >= 4 is 11.8 Å². The van der Waals surface area contributed by atoms with Crippen LogP contribution in [-0.2, 0) is 16.1 Å². The monoisotopic (exact) mass is 370 g/mol. The summed E-state index contributed by atoms with van der Waals surface area (Å²) in [6.45, 7) is 2.18. The van der Waals surface area contributed by atoms with Crippen molar-refractivity contribution in [2.45, 2.75) is 13.0 Å². The van der Waals surface area contributed by atoms with Gasteiger partial charge in [0, 0.05) is 38.6 Å². The van der Waals surface area contributed by atoms with E-state index in [2.05, 4.69) is 9.97 Å². The lowest BCUT2D eigenvalue weighted by Gasteiger charge is -2.21. The van der Waals surface area contributed by atoms with Crippen molar-refractivity contribution in [2.75, 3.05) is 32.8 Å². The van der Waals surface area contributed by atoms with E-state index >= 15 is 0 Å². The van der Waals surface area contributed by atoms with Gasteiger partial charge < -0.3 is 19.5 Å². The summed E-state index contributed by atoms with van der Waals surface area (Å²) in [4.78, 5) is 46.2. The van der Waals surface area contributed by atoms with E-state index in [1.54, 1.807) is 9.80 Å². The molecule has 1 aliphatic rings. The van der Waals surface area contributed by atoms with Crippen molar-refractivity contribution in [1.82, 2.24) is 19.8 Å². The van der Waals surface area contributed by atoms with Crippen LogP contribution in [0.15, 0.2) is 47.5 Å². The number of hydrogen-bond donors (Lipinski definition) is 1. The number of nitrogens with one attached hydrogen (secondary N) is 1. The van der Waals surface area contributed by atoms with Gasteiger partial charge in [0.15, 0.2) is 5.69 Å². The Balaban J connectivity index is 1.50. The molecule has 8 nitrogen and oxygen atoms in total. The molecule has 1 saturated heterocycles. The number of benzene rings is 1. The zero-order valence-corrected chi connectivity index (χ0v) is 15.0. The van der Waals surface area contributed by atoms with Crippen LogP contribution in [-0.4, -0.2) is 64.4 Å². The van der Waals surface area contributed by atoms with Gasteiger partial charge in [-0.25, -0.2) is 4.98 Å². The maximum atomic E-state index is 12.5. The molecule has 0 saturated carbocycles. The first kappa shape index (κ1) is 18.8. The Morgan fingerprint density at radius 1 is 1.07 bits per heavy atom. The number of nitrogens with zero attached hydrogens (tertiary/aromatic N) is 3. The van der Waals surface area contributed by atoms with Crippen LogP contribution >= 0.6 is 0 Å². The predicted octanol–water partition coefficient (Wildman–Crippen LogP) is 0.661. The van der Waals surface area contributed by atoms with E-state index in [1.165, 1.54) is 12.4 Å². The number of rotatable bonds is 5. The number of aromatic amines is 1. The lowest BCUT2D eigenvalue weighted by molar-refractivity contribution is -0.136. The van der Waals surface area contributed by atoms with E-state index in [9.17, 15) is 14.4 Å². The van der Waals surface area contributed by atoms with Crippen molar-refractivity contribution in [1.29, 1.82) is 0 Å². The minimum Gasteiger partial charge on any atom is -0.367 e. The van der Waals surface area contributed by atoms with Gasteiger partial charge in [-0.1, -0.05) is 30.3 Å². The van der Waals surface area contributed by atoms with Crippen LogP contribution in [0, 0.1) is 0 Å². The first-order valence-electron chi connectivity index (χ1n) is 8.87. The van der Waals surface area contributed by atoms with Crippen LogP contribution in [0.25, 0.3) is 0 Å². The topological polar surface area (TPSA) is 95.6 Å². The molecule has 0 atom stereocenters. The quantitative estimate of drug-likeness (QED) is 0.834. The number of amides is 2. The molecule has 1 aliphatic heterocycles. The number of H-pyrrole nitrogens is 1. The molecule has 1 aromatic carbocycles. The number of carbonyl (C=O) groups excluding carboxylic acids is 2. The van der Waals surface area contributed by atoms with Crippen molar-refractivity contribution in [3.8, 4) is 0 Å². The Morgan fingerprint density at radius 2 is 1.81 bits per heavy atom. The fourth-order valence-corrected chi connectivity index (χ4v) is 2.95. The highest BCUT2D eigenvalue weighted by atomic mass is 16.5. The highest BCUT2D eigenvalue weighted by molar-refractivity contribution is 5.92. The molecule has 0 spiro atoms. The number of carbonyl (C=O) groups is 2. The SMILES string of the molecule is O=C(COCc1ccccc1)N1CCCN(C(=O)c2ncc[nH]c2=O)CC1. The van der Waals surface area contributed by atoms with E-state index in [-0.39, 0.29) is 18.2 Å². The van der Waals surface area contributed by atoms with Crippen molar-refractivity contribution in [3.63, 3.8) is 0 Å². The second-order valence-electron chi connectivity index (χ2n) is 6.27. The minimum absolute atomic E-state index is 0.00273. The fourth-order valence-electron chi connectivity index (χ4n) is 2.95. The van der Waals surface area contributed by atoms with Gasteiger partial charge in [0.2, 0.25) is 5.91 Å². The molecule has 2 amide bonds. The van der Waals surface area contributed by atoms with Gasteiger partial charge in [-0.2, -0.15) is 0 Å². The third-order valence-corrected chi connectivity index (χ3v) is 4.38. The molecule has 0 aliphatic carbocycles. The highest BCUT2D eigenvalue weighted by Gasteiger charge is 2.24. The molecular weight excluding hydrogens is 348 g/mol. The maximum Gasteiger partial charge on any atom is 0.279 e. The van der Waals surface area contributed by atoms with Crippen LogP contribution in [0.5, 0.6) is 0 Å². The summed E-state index contributed by atoms with van der Waals surface area (Å²) >= 11 is 0.